The van der Waals surface area contributed by atoms with Gasteiger partial charge in [-0.25, -0.2) is 13.1 Å². The Morgan fingerprint density at radius 3 is 2.50 bits per heavy atom. The molecule has 1 N–H and O–H groups in total. The zero-order chi connectivity index (χ0) is 17.9. The number of carbonyl (C=O) groups is 1. The topological polar surface area (TPSA) is 66.5 Å². The van der Waals surface area contributed by atoms with Crippen molar-refractivity contribution >= 4 is 39.1 Å². The number of rotatable bonds is 5. The van der Waals surface area contributed by atoms with Crippen molar-refractivity contribution in [1.82, 2.24) is 9.62 Å². The van der Waals surface area contributed by atoms with Gasteiger partial charge in [-0.2, -0.15) is 0 Å². The summed E-state index contributed by atoms with van der Waals surface area (Å²) in [6, 6.07) is 10.9. The first-order valence-corrected chi connectivity index (χ1v) is 9.21. The Hall–Kier alpha value is -1.60. The quantitative estimate of drug-likeness (QED) is 0.857. The molecular weight excluding hydrogens is 371 g/mol. The van der Waals surface area contributed by atoms with Gasteiger partial charge >= 0.3 is 0 Å². The molecule has 2 aromatic carbocycles. The first kappa shape index (κ1) is 18.7. The van der Waals surface area contributed by atoms with E-state index in [1.54, 1.807) is 31.3 Å². The fourth-order valence-corrected chi connectivity index (χ4v) is 3.36. The second kappa shape index (κ2) is 7.53. The number of sulfonamides is 1. The van der Waals surface area contributed by atoms with Gasteiger partial charge in [0.15, 0.2) is 0 Å². The summed E-state index contributed by atoms with van der Waals surface area (Å²) in [4.78, 5) is 14.0. The van der Waals surface area contributed by atoms with E-state index in [0.29, 0.717) is 10.0 Å². The van der Waals surface area contributed by atoms with Crippen molar-refractivity contribution in [1.29, 1.82) is 0 Å². The summed E-state index contributed by atoms with van der Waals surface area (Å²) in [6.07, 6.45) is 0. The fraction of sp³-hybridized carbons (Fsp3) is 0.188. The third-order valence-electron chi connectivity index (χ3n) is 3.43. The standard InChI is InChI=1S/C16H16Cl2N2O3S/c1-19-24(22,23)14-5-3-4-11(8-14)16(21)20(2)10-12-6-7-13(17)9-15(12)18/h3-9,19H,10H2,1-2H3. The molecule has 24 heavy (non-hydrogen) atoms. The van der Waals surface area contributed by atoms with Crippen LogP contribution in [0.1, 0.15) is 15.9 Å². The van der Waals surface area contributed by atoms with E-state index >= 15 is 0 Å². The van der Waals surface area contributed by atoms with Crippen molar-refractivity contribution in [2.45, 2.75) is 11.4 Å². The molecule has 5 nitrogen and oxygen atoms in total. The molecule has 0 aliphatic heterocycles. The first-order valence-electron chi connectivity index (χ1n) is 6.97. The Morgan fingerprint density at radius 1 is 1.17 bits per heavy atom. The molecule has 0 saturated heterocycles. The van der Waals surface area contributed by atoms with Gasteiger partial charge in [-0.05, 0) is 42.9 Å². The van der Waals surface area contributed by atoms with Crippen molar-refractivity contribution < 1.29 is 13.2 Å². The molecule has 0 spiro atoms. The van der Waals surface area contributed by atoms with Crippen molar-refractivity contribution in [2.24, 2.45) is 0 Å². The number of hydrogen-bond donors (Lipinski definition) is 1. The van der Waals surface area contributed by atoms with Crippen LogP contribution in [-0.2, 0) is 16.6 Å². The molecule has 0 radical (unpaired) electrons. The zero-order valence-electron chi connectivity index (χ0n) is 13.1. The van der Waals surface area contributed by atoms with Crippen molar-refractivity contribution in [3.63, 3.8) is 0 Å². The highest BCUT2D eigenvalue weighted by atomic mass is 35.5. The second-order valence-electron chi connectivity index (χ2n) is 5.13. The molecule has 0 bridgehead atoms. The molecule has 0 aliphatic carbocycles. The van der Waals surface area contributed by atoms with E-state index in [4.69, 9.17) is 23.2 Å². The molecule has 0 saturated carbocycles. The summed E-state index contributed by atoms with van der Waals surface area (Å²) in [5.74, 6) is -0.311. The van der Waals surface area contributed by atoms with Crippen molar-refractivity contribution in [3.05, 3.63) is 63.6 Å². The molecule has 8 heteroatoms. The van der Waals surface area contributed by atoms with E-state index in [1.165, 1.54) is 30.1 Å². The van der Waals surface area contributed by atoms with Crippen molar-refractivity contribution in [3.8, 4) is 0 Å². The normalized spacial score (nSPS) is 11.3. The highest BCUT2D eigenvalue weighted by molar-refractivity contribution is 7.89. The van der Waals surface area contributed by atoms with Crippen LogP contribution in [0, 0.1) is 0 Å². The molecule has 128 valence electrons. The minimum Gasteiger partial charge on any atom is -0.337 e. The number of halogens is 2. The van der Waals surface area contributed by atoms with Crippen LogP contribution in [0.4, 0.5) is 0 Å². The van der Waals surface area contributed by atoms with Gasteiger partial charge in [0.1, 0.15) is 0 Å². The number of carbonyl (C=O) groups excluding carboxylic acids is 1. The van der Waals surface area contributed by atoms with Crippen molar-refractivity contribution in [2.75, 3.05) is 14.1 Å². The lowest BCUT2D eigenvalue weighted by atomic mass is 10.1. The lowest BCUT2D eigenvalue weighted by Gasteiger charge is -2.18. The Morgan fingerprint density at radius 2 is 1.88 bits per heavy atom. The van der Waals surface area contributed by atoms with E-state index < -0.39 is 10.0 Å². The van der Waals surface area contributed by atoms with Gasteiger partial charge in [-0.15, -0.1) is 0 Å². The first-order chi connectivity index (χ1) is 11.2. The van der Waals surface area contributed by atoms with Gasteiger partial charge in [0.25, 0.3) is 5.91 Å². The average molecular weight is 387 g/mol. The highest BCUT2D eigenvalue weighted by Crippen LogP contribution is 2.22. The summed E-state index contributed by atoms with van der Waals surface area (Å²) < 4.78 is 25.9. The maximum Gasteiger partial charge on any atom is 0.253 e. The van der Waals surface area contributed by atoms with Gasteiger partial charge in [-0.3, -0.25) is 4.79 Å². The average Bonchev–Trinajstić information content (AvgIpc) is 2.56. The summed E-state index contributed by atoms with van der Waals surface area (Å²) in [5, 5.41) is 0.983. The largest absolute Gasteiger partial charge is 0.337 e. The van der Waals surface area contributed by atoms with E-state index in [1.807, 2.05) is 0 Å². The third kappa shape index (κ3) is 4.27. The Balaban J connectivity index is 2.23. The molecule has 0 heterocycles. The summed E-state index contributed by atoms with van der Waals surface area (Å²) in [5.41, 5.74) is 1.02. The van der Waals surface area contributed by atoms with Gasteiger partial charge in [0.2, 0.25) is 10.0 Å². The predicted molar refractivity (Wildman–Crippen MR) is 94.9 cm³/mol. The lowest BCUT2D eigenvalue weighted by Crippen LogP contribution is -2.27. The third-order valence-corrected chi connectivity index (χ3v) is 5.43. The Kier molecular flexibility index (Phi) is 5.87. The van der Waals surface area contributed by atoms with Crippen LogP contribution in [-0.4, -0.2) is 33.3 Å². The zero-order valence-corrected chi connectivity index (χ0v) is 15.4. The lowest BCUT2D eigenvalue weighted by molar-refractivity contribution is 0.0785. The number of benzene rings is 2. The van der Waals surface area contributed by atoms with Gasteiger partial charge in [-0.1, -0.05) is 35.3 Å². The van der Waals surface area contributed by atoms with Crippen LogP contribution in [0.25, 0.3) is 0 Å². The SMILES string of the molecule is CNS(=O)(=O)c1cccc(C(=O)N(C)Cc2ccc(Cl)cc2Cl)c1. The van der Waals surface area contributed by atoms with Crippen LogP contribution in [0.5, 0.6) is 0 Å². The predicted octanol–water partition coefficient (Wildman–Crippen LogP) is 3.17. The van der Waals surface area contributed by atoms with Gasteiger partial charge < -0.3 is 4.90 Å². The molecule has 1 amide bonds. The van der Waals surface area contributed by atoms with Crippen LogP contribution in [0.15, 0.2) is 47.4 Å². The van der Waals surface area contributed by atoms with E-state index in [-0.39, 0.29) is 22.9 Å². The molecule has 0 aliphatic rings. The molecule has 2 aromatic rings. The van der Waals surface area contributed by atoms with E-state index in [0.717, 1.165) is 5.56 Å². The van der Waals surface area contributed by atoms with Crippen LogP contribution < -0.4 is 4.72 Å². The number of hydrogen-bond acceptors (Lipinski definition) is 3. The Labute approximate surface area is 151 Å². The van der Waals surface area contributed by atoms with Crippen LogP contribution in [0.2, 0.25) is 10.0 Å². The number of nitrogens with zero attached hydrogens (tertiary/aromatic N) is 1. The summed E-state index contributed by atoms with van der Waals surface area (Å²) >= 11 is 12.0. The molecule has 0 atom stereocenters. The minimum absolute atomic E-state index is 0.0359. The minimum atomic E-state index is -3.61. The molecular formula is C16H16Cl2N2O3S. The summed E-state index contributed by atoms with van der Waals surface area (Å²) in [7, 11) is -0.671. The number of nitrogens with one attached hydrogen (secondary N) is 1. The maximum atomic E-state index is 12.5. The smallest absolute Gasteiger partial charge is 0.253 e. The molecule has 2 rings (SSSR count). The van der Waals surface area contributed by atoms with Crippen LogP contribution in [0.3, 0.4) is 0 Å². The van der Waals surface area contributed by atoms with Gasteiger partial charge in [0.05, 0.1) is 4.90 Å². The van der Waals surface area contributed by atoms with Crippen LogP contribution >= 0.6 is 23.2 Å². The molecule has 0 fully saturated rings. The second-order valence-corrected chi connectivity index (χ2v) is 7.86. The highest BCUT2D eigenvalue weighted by Gasteiger charge is 2.17. The Bertz CT molecular complexity index is 869. The fourth-order valence-electron chi connectivity index (χ4n) is 2.11. The van der Waals surface area contributed by atoms with E-state index in [9.17, 15) is 13.2 Å². The molecule has 0 unspecified atom stereocenters. The van der Waals surface area contributed by atoms with Gasteiger partial charge in [0, 0.05) is 29.2 Å². The monoisotopic (exact) mass is 386 g/mol. The number of amides is 1. The summed E-state index contributed by atoms with van der Waals surface area (Å²) in [6.45, 7) is 0.276. The van der Waals surface area contributed by atoms with E-state index in [2.05, 4.69) is 4.72 Å². The maximum absolute atomic E-state index is 12.5. The molecule has 0 aromatic heterocycles.